The summed E-state index contributed by atoms with van der Waals surface area (Å²) in [4.78, 5) is 0. The summed E-state index contributed by atoms with van der Waals surface area (Å²) in [5, 5.41) is 11.7. The molecule has 0 saturated carbocycles. The molecule has 94 valence electrons. The zero-order valence-electron chi connectivity index (χ0n) is 9.82. The second kappa shape index (κ2) is 6.74. The Morgan fingerprint density at radius 2 is 1.56 bits per heavy atom. The van der Waals surface area contributed by atoms with Crippen molar-refractivity contribution in [2.24, 2.45) is 5.41 Å². The largest absolute Gasteiger partial charge is 0.389 e. The number of rotatable bonds is 7. The Labute approximate surface area is 94.8 Å². The van der Waals surface area contributed by atoms with Crippen molar-refractivity contribution in [3.05, 3.63) is 0 Å². The minimum atomic E-state index is -4.05. The number of hydrogen-bond donors (Lipinski definition) is 1. The molecule has 0 rings (SSSR count). The van der Waals surface area contributed by atoms with Crippen molar-refractivity contribution in [3.63, 3.8) is 0 Å². The predicted octanol–water partition coefficient (Wildman–Crippen LogP) is 3.25. The molecule has 0 amide bonds. The molecule has 0 fully saturated rings. The third kappa shape index (κ3) is 9.78. The SMILES string of the molecule is CC(C)(C#N)CCCNCCCC(F)(F)F. The maximum atomic E-state index is 11.8. The highest BCUT2D eigenvalue weighted by molar-refractivity contribution is 4.91. The van der Waals surface area contributed by atoms with Crippen molar-refractivity contribution in [1.29, 1.82) is 5.26 Å². The first-order valence-electron chi connectivity index (χ1n) is 5.45. The lowest BCUT2D eigenvalue weighted by atomic mass is 9.90. The summed E-state index contributed by atoms with van der Waals surface area (Å²) in [6.07, 6.45) is -3.10. The Morgan fingerprint density at radius 1 is 1.06 bits per heavy atom. The highest BCUT2D eigenvalue weighted by atomic mass is 19.4. The van der Waals surface area contributed by atoms with Gasteiger partial charge in [-0.25, -0.2) is 0 Å². The summed E-state index contributed by atoms with van der Waals surface area (Å²) in [7, 11) is 0. The van der Waals surface area contributed by atoms with E-state index in [0.29, 0.717) is 13.1 Å². The number of nitriles is 1. The van der Waals surface area contributed by atoms with E-state index in [2.05, 4.69) is 11.4 Å². The number of halogens is 3. The van der Waals surface area contributed by atoms with Crippen LogP contribution in [0.2, 0.25) is 0 Å². The fourth-order valence-electron chi connectivity index (χ4n) is 1.25. The van der Waals surface area contributed by atoms with Crippen LogP contribution in [0.1, 0.15) is 39.5 Å². The molecule has 16 heavy (non-hydrogen) atoms. The van der Waals surface area contributed by atoms with Crippen LogP contribution in [0.25, 0.3) is 0 Å². The van der Waals surface area contributed by atoms with Gasteiger partial charge in [0.15, 0.2) is 0 Å². The molecule has 0 aromatic rings. The molecule has 0 saturated heterocycles. The molecule has 1 N–H and O–H groups in total. The van der Waals surface area contributed by atoms with Crippen LogP contribution in [-0.2, 0) is 0 Å². The smallest absolute Gasteiger partial charge is 0.317 e. The fourth-order valence-corrected chi connectivity index (χ4v) is 1.25. The van der Waals surface area contributed by atoms with Crippen LogP contribution in [0, 0.1) is 16.7 Å². The number of nitrogens with one attached hydrogen (secondary N) is 1. The zero-order chi connectivity index (χ0) is 12.7. The molecule has 0 bridgehead atoms. The summed E-state index contributed by atoms with van der Waals surface area (Å²) in [5.41, 5.74) is -0.340. The molecule has 0 atom stereocenters. The van der Waals surface area contributed by atoms with Crippen molar-refractivity contribution >= 4 is 0 Å². The topological polar surface area (TPSA) is 35.8 Å². The van der Waals surface area contributed by atoms with Gasteiger partial charge in [0.1, 0.15) is 0 Å². The normalized spacial score (nSPS) is 12.5. The second-order valence-electron chi connectivity index (χ2n) is 4.57. The van der Waals surface area contributed by atoms with Crippen molar-refractivity contribution in [3.8, 4) is 6.07 Å². The monoisotopic (exact) mass is 236 g/mol. The number of hydrogen-bond acceptors (Lipinski definition) is 2. The van der Waals surface area contributed by atoms with Crippen LogP contribution in [0.5, 0.6) is 0 Å². The Hall–Kier alpha value is -0.760. The summed E-state index contributed by atoms with van der Waals surface area (Å²) < 4.78 is 35.3. The summed E-state index contributed by atoms with van der Waals surface area (Å²) in [5.74, 6) is 0. The van der Waals surface area contributed by atoms with Crippen LogP contribution in [0.4, 0.5) is 13.2 Å². The zero-order valence-corrected chi connectivity index (χ0v) is 9.82. The molecule has 5 heteroatoms. The second-order valence-corrected chi connectivity index (χ2v) is 4.57. The van der Waals surface area contributed by atoms with Crippen LogP contribution in [-0.4, -0.2) is 19.3 Å². The van der Waals surface area contributed by atoms with Gasteiger partial charge in [-0.3, -0.25) is 0 Å². The average molecular weight is 236 g/mol. The van der Waals surface area contributed by atoms with Gasteiger partial charge >= 0.3 is 6.18 Å². The van der Waals surface area contributed by atoms with E-state index < -0.39 is 12.6 Å². The van der Waals surface area contributed by atoms with E-state index in [-0.39, 0.29) is 11.8 Å². The molecular weight excluding hydrogens is 217 g/mol. The minimum Gasteiger partial charge on any atom is -0.317 e. The maximum absolute atomic E-state index is 11.8. The van der Waals surface area contributed by atoms with E-state index in [4.69, 9.17) is 5.26 Å². The minimum absolute atomic E-state index is 0.116. The van der Waals surface area contributed by atoms with Gasteiger partial charge in [0.05, 0.1) is 11.5 Å². The van der Waals surface area contributed by atoms with Gasteiger partial charge in [-0.05, 0) is 46.2 Å². The average Bonchev–Trinajstić information content (AvgIpc) is 2.14. The third-order valence-electron chi connectivity index (χ3n) is 2.27. The predicted molar refractivity (Wildman–Crippen MR) is 56.8 cm³/mol. The lowest BCUT2D eigenvalue weighted by molar-refractivity contribution is -0.135. The van der Waals surface area contributed by atoms with Crippen LogP contribution in [0.15, 0.2) is 0 Å². The molecule has 0 aliphatic carbocycles. The van der Waals surface area contributed by atoms with Gasteiger partial charge in [0, 0.05) is 6.42 Å². The van der Waals surface area contributed by atoms with E-state index in [1.807, 2.05) is 13.8 Å². The maximum Gasteiger partial charge on any atom is 0.389 e. The van der Waals surface area contributed by atoms with Crippen molar-refractivity contribution in [2.75, 3.05) is 13.1 Å². The van der Waals surface area contributed by atoms with E-state index in [1.54, 1.807) is 0 Å². The van der Waals surface area contributed by atoms with Crippen molar-refractivity contribution < 1.29 is 13.2 Å². The molecule has 0 aromatic heterocycles. The van der Waals surface area contributed by atoms with E-state index in [1.165, 1.54) is 0 Å². The van der Waals surface area contributed by atoms with Crippen LogP contribution >= 0.6 is 0 Å². The Balaban J connectivity index is 3.33. The van der Waals surface area contributed by atoms with Gasteiger partial charge in [0.25, 0.3) is 0 Å². The molecule has 0 radical (unpaired) electrons. The molecule has 0 unspecified atom stereocenters. The van der Waals surface area contributed by atoms with E-state index in [9.17, 15) is 13.2 Å². The van der Waals surface area contributed by atoms with Crippen molar-refractivity contribution in [1.82, 2.24) is 5.32 Å². The molecule has 0 heterocycles. The summed E-state index contributed by atoms with van der Waals surface area (Å²) in [6.45, 7) is 4.77. The molecule has 0 aliphatic heterocycles. The molecule has 0 aliphatic rings. The van der Waals surface area contributed by atoms with Gasteiger partial charge in [-0.2, -0.15) is 18.4 Å². The Morgan fingerprint density at radius 3 is 2.00 bits per heavy atom. The number of alkyl halides is 3. The highest BCUT2D eigenvalue weighted by Crippen LogP contribution is 2.21. The molecule has 0 spiro atoms. The summed E-state index contributed by atoms with van der Waals surface area (Å²) >= 11 is 0. The fraction of sp³-hybridized carbons (Fsp3) is 0.909. The molecule has 0 aromatic carbocycles. The van der Waals surface area contributed by atoms with Gasteiger partial charge in [-0.15, -0.1) is 0 Å². The first kappa shape index (κ1) is 15.2. The van der Waals surface area contributed by atoms with E-state index in [0.717, 1.165) is 12.8 Å². The van der Waals surface area contributed by atoms with E-state index >= 15 is 0 Å². The van der Waals surface area contributed by atoms with Crippen LogP contribution in [0.3, 0.4) is 0 Å². The summed E-state index contributed by atoms with van der Waals surface area (Å²) in [6, 6.07) is 2.19. The third-order valence-corrected chi connectivity index (χ3v) is 2.27. The first-order chi connectivity index (χ1) is 7.27. The number of nitrogens with zero attached hydrogens (tertiary/aromatic N) is 1. The lowest BCUT2D eigenvalue weighted by Gasteiger charge is -2.14. The molecular formula is C11H19F3N2. The Bertz CT molecular complexity index is 228. The molecule has 2 nitrogen and oxygen atoms in total. The first-order valence-corrected chi connectivity index (χ1v) is 5.45. The van der Waals surface area contributed by atoms with Crippen LogP contribution < -0.4 is 5.32 Å². The lowest BCUT2D eigenvalue weighted by Crippen LogP contribution is -2.20. The quantitative estimate of drug-likeness (QED) is 0.689. The van der Waals surface area contributed by atoms with Gasteiger partial charge in [-0.1, -0.05) is 0 Å². The Kier molecular flexibility index (Phi) is 6.42. The van der Waals surface area contributed by atoms with Gasteiger partial charge < -0.3 is 5.32 Å². The van der Waals surface area contributed by atoms with Crippen molar-refractivity contribution in [2.45, 2.75) is 45.7 Å². The standard InChI is InChI=1S/C11H19F3N2/c1-10(2,9-15)5-3-7-16-8-4-6-11(12,13)14/h16H,3-8H2,1-2H3. The highest BCUT2D eigenvalue weighted by Gasteiger charge is 2.25. The van der Waals surface area contributed by atoms with Gasteiger partial charge in [0.2, 0.25) is 0 Å².